The Labute approximate surface area is 120 Å². The van der Waals surface area contributed by atoms with Crippen molar-refractivity contribution in [2.45, 2.75) is 33.2 Å². The molecule has 1 heterocycles. The van der Waals surface area contributed by atoms with E-state index in [9.17, 15) is 9.90 Å². The van der Waals surface area contributed by atoms with Crippen molar-refractivity contribution >= 4 is 5.97 Å². The van der Waals surface area contributed by atoms with Crippen LogP contribution in [0.15, 0.2) is 24.3 Å². The number of likely N-dealkylation sites (tertiary alicyclic amines) is 1. The molecule has 20 heavy (non-hydrogen) atoms. The van der Waals surface area contributed by atoms with Crippen LogP contribution in [0.25, 0.3) is 0 Å². The minimum Gasteiger partial charge on any atom is -0.494 e. The molecular weight excluding hydrogens is 254 g/mol. The van der Waals surface area contributed by atoms with Crippen molar-refractivity contribution in [2.75, 3.05) is 19.7 Å². The lowest BCUT2D eigenvalue weighted by Crippen LogP contribution is -2.32. The SMILES string of the molecule is CCOc1ccc(C(C)N2CCC(C)(C(=O)O)C2)cc1. The van der Waals surface area contributed by atoms with Crippen LogP contribution >= 0.6 is 0 Å². The van der Waals surface area contributed by atoms with Crippen molar-refractivity contribution in [3.05, 3.63) is 29.8 Å². The van der Waals surface area contributed by atoms with E-state index in [0.717, 1.165) is 12.3 Å². The molecule has 0 radical (unpaired) electrons. The number of carbonyl (C=O) groups is 1. The Bertz CT molecular complexity index is 471. The fraction of sp³-hybridized carbons (Fsp3) is 0.562. The number of hydrogen-bond acceptors (Lipinski definition) is 3. The van der Waals surface area contributed by atoms with Crippen LogP contribution in [0.4, 0.5) is 0 Å². The quantitative estimate of drug-likeness (QED) is 0.899. The summed E-state index contributed by atoms with van der Waals surface area (Å²) in [5.41, 5.74) is 0.586. The van der Waals surface area contributed by atoms with Gasteiger partial charge in [0.2, 0.25) is 0 Å². The summed E-state index contributed by atoms with van der Waals surface area (Å²) in [5.74, 6) is 0.180. The Balaban J connectivity index is 2.05. The molecule has 1 saturated heterocycles. The number of carboxylic acids is 1. The minimum atomic E-state index is -0.695. The third-order valence-electron chi connectivity index (χ3n) is 4.24. The average molecular weight is 277 g/mol. The maximum Gasteiger partial charge on any atom is 0.310 e. The normalized spacial score (nSPS) is 24.6. The average Bonchev–Trinajstić information content (AvgIpc) is 2.83. The van der Waals surface area contributed by atoms with Crippen LogP contribution in [-0.2, 0) is 4.79 Å². The van der Waals surface area contributed by atoms with E-state index in [0.29, 0.717) is 19.6 Å². The van der Waals surface area contributed by atoms with E-state index in [2.05, 4.69) is 24.0 Å². The molecule has 1 aromatic rings. The molecule has 2 atom stereocenters. The van der Waals surface area contributed by atoms with E-state index in [4.69, 9.17) is 4.74 Å². The van der Waals surface area contributed by atoms with Crippen LogP contribution in [0.2, 0.25) is 0 Å². The van der Waals surface area contributed by atoms with Gasteiger partial charge in [0.1, 0.15) is 5.75 Å². The molecule has 0 saturated carbocycles. The lowest BCUT2D eigenvalue weighted by Gasteiger charge is -2.26. The zero-order valence-electron chi connectivity index (χ0n) is 12.4. The standard InChI is InChI=1S/C16H23NO3/c1-4-20-14-7-5-13(6-8-14)12(2)17-10-9-16(3,11-17)15(18)19/h5-8,12H,4,9-11H2,1-3H3,(H,18,19). The second-order valence-corrected chi connectivity index (χ2v) is 5.76. The summed E-state index contributed by atoms with van der Waals surface area (Å²) in [6.45, 7) is 8.03. The molecule has 4 nitrogen and oxygen atoms in total. The van der Waals surface area contributed by atoms with Gasteiger partial charge >= 0.3 is 5.97 Å². The number of benzene rings is 1. The summed E-state index contributed by atoms with van der Waals surface area (Å²) < 4.78 is 5.44. The molecule has 1 N–H and O–H groups in total. The van der Waals surface area contributed by atoms with E-state index in [1.807, 2.05) is 26.0 Å². The van der Waals surface area contributed by atoms with Crippen molar-refractivity contribution in [1.82, 2.24) is 4.90 Å². The molecule has 2 rings (SSSR count). The predicted molar refractivity (Wildman–Crippen MR) is 78.0 cm³/mol. The van der Waals surface area contributed by atoms with E-state index in [1.165, 1.54) is 5.56 Å². The highest BCUT2D eigenvalue weighted by Gasteiger charge is 2.41. The second-order valence-electron chi connectivity index (χ2n) is 5.76. The Morgan fingerprint density at radius 1 is 1.45 bits per heavy atom. The minimum absolute atomic E-state index is 0.229. The Kier molecular flexibility index (Phi) is 4.33. The van der Waals surface area contributed by atoms with E-state index >= 15 is 0 Å². The zero-order chi connectivity index (χ0) is 14.8. The number of aliphatic carboxylic acids is 1. The van der Waals surface area contributed by atoms with E-state index < -0.39 is 11.4 Å². The highest BCUT2D eigenvalue weighted by Crippen LogP contribution is 2.35. The summed E-state index contributed by atoms with van der Waals surface area (Å²) in [6, 6.07) is 8.30. The van der Waals surface area contributed by atoms with Crippen LogP contribution in [-0.4, -0.2) is 35.7 Å². The first-order valence-corrected chi connectivity index (χ1v) is 7.16. The summed E-state index contributed by atoms with van der Waals surface area (Å²) in [5, 5.41) is 9.29. The van der Waals surface area contributed by atoms with Crippen LogP contribution in [0.5, 0.6) is 5.75 Å². The van der Waals surface area contributed by atoms with Crippen LogP contribution in [0.3, 0.4) is 0 Å². The van der Waals surface area contributed by atoms with Gasteiger partial charge in [-0.1, -0.05) is 12.1 Å². The molecule has 110 valence electrons. The van der Waals surface area contributed by atoms with Crippen molar-refractivity contribution < 1.29 is 14.6 Å². The van der Waals surface area contributed by atoms with Gasteiger partial charge < -0.3 is 9.84 Å². The number of carboxylic acid groups (broad SMARTS) is 1. The highest BCUT2D eigenvalue weighted by molar-refractivity contribution is 5.74. The molecule has 1 aromatic carbocycles. The largest absolute Gasteiger partial charge is 0.494 e. The topological polar surface area (TPSA) is 49.8 Å². The smallest absolute Gasteiger partial charge is 0.310 e. The molecule has 0 spiro atoms. The monoisotopic (exact) mass is 277 g/mol. The number of rotatable bonds is 5. The maximum atomic E-state index is 11.3. The fourth-order valence-electron chi connectivity index (χ4n) is 2.72. The van der Waals surface area contributed by atoms with Gasteiger partial charge in [-0.15, -0.1) is 0 Å². The van der Waals surface area contributed by atoms with Crippen LogP contribution in [0, 0.1) is 5.41 Å². The van der Waals surface area contributed by atoms with Crippen molar-refractivity contribution in [2.24, 2.45) is 5.41 Å². The van der Waals surface area contributed by atoms with Gasteiger partial charge in [-0.05, 0) is 51.4 Å². The molecule has 0 amide bonds. The number of hydrogen-bond donors (Lipinski definition) is 1. The maximum absolute atomic E-state index is 11.3. The predicted octanol–water partition coefficient (Wildman–Crippen LogP) is 2.94. The number of ether oxygens (including phenoxy) is 1. The van der Waals surface area contributed by atoms with Gasteiger partial charge in [0.25, 0.3) is 0 Å². The molecule has 2 unspecified atom stereocenters. The van der Waals surface area contributed by atoms with Crippen molar-refractivity contribution in [3.63, 3.8) is 0 Å². The highest BCUT2D eigenvalue weighted by atomic mass is 16.5. The first-order chi connectivity index (χ1) is 9.46. The molecule has 4 heteroatoms. The van der Waals surface area contributed by atoms with E-state index in [1.54, 1.807) is 0 Å². The zero-order valence-corrected chi connectivity index (χ0v) is 12.4. The first kappa shape index (κ1) is 14.9. The summed E-state index contributed by atoms with van der Waals surface area (Å²) in [7, 11) is 0. The number of nitrogens with zero attached hydrogens (tertiary/aromatic N) is 1. The molecule has 0 bridgehead atoms. The fourth-order valence-corrected chi connectivity index (χ4v) is 2.72. The Morgan fingerprint density at radius 3 is 2.60 bits per heavy atom. The van der Waals surface area contributed by atoms with Gasteiger partial charge in [0.05, 0.1) is 12.0 Å². The molecule has 1 fully saturated rings. The Morgan fingerprint density at radius 2 is 2.10 bits per heavy atom. The summed E-state index contributed by atoms with van der Waals surface area (Å²) in [4.78, 5) is 13.5. The molecular formula is C16H23NO3. The van der Waals surface area contributed by atoms with Gasteiger partial charge in [0.15, 0.2) is 0 Å². The molecule has 1 aliphatic heterocycles. The third-order valence-corrected chi connectivity index (χ3v) is 4.24. The third kappa shape index (κ3) is 2.96. The van der Waals surface area contributed by atoms with Gasteiger partial charge in [-0.3, -0.25) is 9.69 Å². The Hall–Kier alpha value is -1.55. The van der Waals surface area contributed by atoms with Gasteiger partial charge in [0, 0.05) is 12.6 Å². The lowest BCUT2D eigenvalue weighted by molar-refractivity contribution is -0.147. The molecule has 1 aliphatic rings. The van der Waals surface area contributed by atoms with Gasteiger partial charge in [-0.25, -0.2) is 0 Å². The second kappa shape index (κ2) is 5.83. The molecule has 0 aliphatic carbocycles. The van der Waals surface area contributed by atoms with Crippen molar-refractivity contribution in [3.8, 4) is 5.75 Å². The summed E-state index contributed by atoms with van der Waals surface area (Å²) >= 11 is 0. The summed E-state index contributed by atoms with van der Waals surface area (Å²) in [6.07, 6.45) is 0.712. The van der Waals surface area contributed by atoms with Crippen molar-refractivity contribution in [1.29, 1.82) is 0 Å². The van der Waals surface area contributed by atoms with Gasteiger partial charge in [-0.2, -0.15) is 0 Å². The van der Waals surface area contributed by atoms with Crippen LogP contribution in [0.1, 0.15) is 38.8 Å². The molecule has 0 aromatic heterocycles. The van der Waals surface area contributed by atoms with E-state index in [-0.39, 0.29) is 6.04 Å². The van der Waals surface area contributed by atoms with Crippen LogP contribution < -0.4 is 4.74 Å². The lowest BCUT2D eigenvalue weighted by atomic mass is 9.90. The first-order valence-electron chi connectivity index (χ1n) is 7.16.